The van der Waals surface area contributed by atoms with E-state index < -0.39 is 29.9 Å². The van der Waals surface area contributed by atoms with Crippen molar-refractivity contribution in [3.63, 3.8) is 0 Å². The van der Waals surface area contributed by atoms with Gasteiger partial charge in [0, 0.05) is 17.1 Å². The van der Waals surface area contributed by atoms with E-state index in [2.05, 4.69) is 34.8 Å². The molecule has 154 valence electrons. The lowest BCUT2D eigenvalue weighted by molar-refractivity contribution is -0.139. The first kappa shape index (κ1) is 21.2. The zero-order chi connectivity index (χ0) is 21.3. The molecule has 1 heterocycles. The molecule has 0 amide bonds. The van der Waals surface area contributed by atoms with Gasteiger partial charge in [-0.3, -0.25) is 4.79 Å². The Morgan fingerprint density at radius 1 is 1.28 bits per heavy atom. The summed E-state index contributed by atoms with van der Waals surface area (Å²) in [5.74, 6) is -1.06. The average molecular weight is 470 g/mol. The SMILES string of the molecule is CCC(C)c1c[nH]c2ccc(Oc3c(Br)cc(CC(=O)O)cc3C(F)(F)F)cc12. The Bertz CT molecular complexity index is 1060. The maximum Gasteiger partial charge on any atom is 0.420 e. The Labute approximate surface area is 173 Å². The summed E-state index contributed by atoms with van der Waals surface area (Å²) in [6.45, 7) is 4.14. The molecule has 3 aromatic rings. The molecular formula is C21H19BrF3NO3. The second kappa shape index (κ2) is 8.10. The molecular weight excluding hydrogens is 451 g/mol. The van der Waals surface area contributed by atoms with Gasteiger partial charge in [-0.1, -0.05) is 13.8 Å². The number of halogens is 4. The molecule has 2 N–H and O–H groups in total. The van der Waals surface area contributed by atoms with E-state index in [1.807, 2.05) is 6.20 Å². The predicted molar refractivity (Wildman–Crippen MR) is 108 cm³/mol. The minimum Gasteiger partial charge on any atom is -0.481 e. The van der Waals surface area contributed by atoms with Crippen molar-refractivity contribution < 1.29 is 27.8 Å². The van der Waals surface area contributed by atoms with Gasteiger partial charge in [0.1, 0.15) is 5.75 Å². The highest BCUT2D eigenvalue weighted by Crippen LogP contribution is 2.44. The Hall–Kier alpha value is -2.48. The van der Waals surface area contributed by atoms with Crippen LogP contribution in [0.2, 0.25) is 0 Å². The van der Waals surface area contributed by atoms with E-state index in [9.17, 15) is 18.0 Å². The van der Waals surface area contributed by atoms with Crippen LogP contribution in [0.5, 0.6) is 11.5 Å². The van der Waals surface area contributed by atoms with Crippen molar-refractivity contribution in [1.29, 1.82) is 0 Å². The standard InChI is InChI=1S/C21H19BrF3NO3/c1-3-11(2)15-10-26-18-5-4-13(9-14(15)18)29-20-16(21(23,24)25)6-12(7-17(20)22)8-19(27)28/h4-7,9-11,26H,3,8H2,1-2H3,(H,27,28). The second-order valence-corrected chi connectivity index (χ2v) is 7.74. The molecule has 1 atom stereocenters. The number of rotatable bonds is 6. The van der Waals surface area contributed by atoms with E-state index in [4.69, 9.17) is 9.84 Å². The maximum atomic E-state index is 13.6. The van der Waals surface area contributed by atoms with Crippen LogP contribution < -0.4 is 4.74 Å². The average Bonchev–Trinajstić information content (AvgIpc) is 3.05. The van der Waals surface area contributed by atoms with Crippen LogP contribution in [0.4, 0.5) is 13.2 Å². The summed E-state index contributed by atoms with van der Waals surface area (Å²) in [6.07, 6.45) is -2.39. The molecule has 0 radical (unpaired) electrons. The fourth-order valence-corrected chi connectivity index (χ4v) is 3.76. The van der Waals surface area contributed by atoms with Gasteiger partial charge in [0.05, 0.1) is 16.5 Å². The van der Waals surface area contributed by atoms with Gasteiger partial charge < -0.3 is 14.8 Å². The number of hydrogen-bond acceptors (Lipinski definition) is 2. The number of aromatic amines is 1. The number of aliphatic carboxylic acids is 1. The van der Waals surface area contributed by atoms with Crippen LogP contribution in [0.3, 0.4) is 0 Å². The Kier molecular flexibility index (Phi) is 5.93. The number of carboxylic acids is 1. The summed E-state index contributed by atoms with van der Waals surface area (Å²) < 4.78 is 46.5. The van der Waals surface area contributed by atoms with Crippen LogP contribution in [0.15, 0.2) is 41.0 Å². The Morgan fingerprint density at radius 2 is 2.00 bits per heavy atom. The molecule has 0 aliphatic carbocycles. The van der Waals surface area contributed by atoms with E-state index in [1.165, 1.54) is 6.07 Å². The summed E-state index contributed by atoms with van der Waals surface area (Å²) in [4.78, 5) is 14.1. The molecule has 2 aromatic carbocycles. The van der Waals surface area contributed by atoms with E-state index in [1.54, 1.807) is 18.2 Å². The molecule has 29 heavy (non-hydrogen) atoms. The summed E-state index contributed by atoms with van der Waals surface area (Å²) in [7, 11) is 0. The third-order valence-corrected chi connectivity index (χ3v) is 5.40. The first-order chi connectivity index (χ1) is 13.6. The third-order valence-electron chi connectivity index (χ3n) is 4.81. The van der Waals surface area contributed by atoms with Crippen molar-refractivity contribution >= 4 is 32.8 Å². The van der Waals surface area contributed by atoms with Crippen LogP contribution >= 0.6 is 15.9 Å². The van der Waals surface area contributed by atoms with Crippen LogP contribution in [-0.2, 0) is 17.4 Å². The van der Waals surface area contributed by atoms with Gasteiger partial charge in [-0.2, -0.15) is 13.2 Å². The molecule has 1 aromatic heterocycles. The molecule has 0 fully saturated rings. The maximum absolute atomic E-state index is 13.6. The fraction of sp³-hybridized carbons (Fsp3) is 0.286. The second-order valence-electron chi connectivity index (χ2n) is 6.89. The van der Waals surface area contributed by atoms with Gasteiger partial charge in [-0.05, 0) is 69.7 Å². The number of nitrogens with one attached hydrogen (secondary N) is 1. The van der Waals surface area contributed by atoms with E-state index in [-0.39, 0.29) is 21.7 Å². The van der Waals surface area contributed by atoms with Crippen LogP contribution in [0.25, 0.3) is 10.9 Å². The third kappa shape index (κ3) is 4.58. The van der Waals surface area contributed by atoms with E-state index in [0.29, 0.717) is 0 Å². The smallest absolute Gasteiger partial charge is 0.420 e. The largest absolute Gasteiger partial charge is 0.481 e. The molecule has 1 unspecified atom stereocenters. The summed E-state index contributed by atoms with van der Waals surface area (Å²) in [6, 6.07) is 7.21. The van der Waals surface area contributed by atoms with Crippen molar-refractivity contribution in [3.05, 3.63) is 57.7 Å². The Morgan fingerprint density at radius 3 is 2.62 bits per heavy atom. The highest BCUT2D eigenvalue weighted by atomic mass is 79.9. The van der Waals surface area contributed by atoms with Crippen molar-refractivity contribution in [1.82, 2.24) is 4.98 Å². The van der Waals surface area contributed by atoms with Gasteiger partial charge in [0.15, 0.2) is 5.75 Å². The van der Waals surface area contributed by atoms with Gasteiger partial charge in [-0.15, -0.1) is 0 Å². The lowest BCUT2D eigenvalue weighted by atomic mass is 9.98. The molecule has 0 saturated heterocycles. The van der Waals surface area contributed by atoms with Gasteiger partial charge in [-0.25, -0.2) is 0 Å². The van der Waals surface area contributed by atoms with E-state index >= 15 is 0 Å². The molecule has 0 aliphatic heterocycles. The van der Waals surface area contributed by atoms with Crippen LogP contribution in [-0.4, -0.2) is 16.1 Å². The minimum atomic E-state index is -4.70. The molecule has 4 nitrogen and oxygen atoms in total. The number of fused-ring (bicyclic) bond motifs is 1. The number of aromatic nitrogens is 1. The lowest BCUT2D eigenvalue weighted by Gasteiger charge is -2.17. The topological polar surface area (TPSA) is 62.3 Å². The predicted octanol–water partition coefficient (Wildman–Crippen LogP) is 6.88. The monoisotopic (exact) mass is 469 g/mol. The molecule has 8 heteroatoms. The first-order valence-corrected chi connectivity index (χ1v) is 9.79. The number of benzene rings is 2. The van der Waals surface area contributed by atoms with Crippen LogP contribution in [0.1, 0.15) is 42.9 Å². The number of carbonyl (C=O) groups is 1. The number of alkyl halides is 3. The zero-order valence-electron chi connectivity index (χ0n) is 15.7. The summed E-state index contributed by atoms with van der Waals surface area (Å²) in [5.41, 5.74) is 0.947. The minimum absolute atomic E-state index is 0.0317. The highest BCUT2D eigenvalue weighted by Gasteiger charge is 2.36. The van der Waals surface area contributed by atoms with E-state index in [0.717, 1.165) is 29.0 Å². The molecule has 0 bridgehead atoms. The van der Waals surface area contributed by atoms with Gasteiger partial charge in [0.25, 0.3) is 0 Å². The molecule has 0 spiro atoms. The fourth-order valence-electron chi connectivity index (χ4n) is 3.17. The normalized spacial score (nSPS) is 12.9. The van der Waals surface area contributed by atoms with Crippen molar-refractivity contribution in [2.45, 2.75) is 38.8 Å². The zero-order valence-corrected chi connectivity index (χ0v) is 17.3. The number of hydrogen-bond donors (Lipinski definition) is 2. The molecule has 0 saturated carbocycles. The quantitative estimate of drug-likeness (QED) is 0.413. The Balaban J connectivity index is 2.06. The number of carboxylic acid groups (broad SMARTS) is 1. The van der Waals surface area contributed by atoms with Crippen molar-refractivity contribution in [2.24, 2.45) is 0 Å². The number of ether oxygens (including phenoxy) is 1. The lowest BCUT2D eigenvalue weighted by Crippen LogP contribution is -2.10. The van der Waals surface area contributed by atoms with Crippen molar-refractivity contribution in [2.75, 3.05) is 0 Å². The van der Waals surface area contributed by atoms with Gasteiger partial charge >= 0.3 is 12.1 Å². The highest BCUT2D eigenvalue weighted by molar-refractivity contribution is 9.10. The first-order valence-electron chi connectivity index (χ1n) is 9.00. The van der Waals surface area contributed by atoms with Crippen molar-refractivity contribution in [3.8, 4) is 11.5 Å². The number of H-pyrrole nitrogens is 1. The van der Waals surface area contributed by atoms with Crippen LogP contribution in [0, 0.1) is 0 Å². The summed E-state index contributed by atoms with van der Waals surface area (Å²) in [5, 5.41) is 9.79. The summed E-state index contributed by atoms with van der Waals surface area (Å²) >= 11 is 3.10. The molecule has 0 aliphatic rings. The van der Waals surface area contributed by atoms with Gasteiger partial charge in [0.2, 0.25) is 0 Å². The molecule has 3 rings (SSSR count).